The third kappa shape index (κ3) is 3.45. The number of ketones is 1. The highest BCUT2D eigenvalue weighted by atomic mass is 19.1. The van der Waals surface area contributed by atoms with Gasteiger partial charge in [-0.3, -0.25) is 4.79 Å². The molecule has 0 aromatic heterocycles. The van der Waals surface area contributed by atoms with Crippen molar-refractivity contribution in [3.8, 4) is 0 Å². The first-order valence-electron chi connectivity index (χ1n) is 12.4. The number of hydrazone groups is 1. The van der Waals surface area contributed by atoms with E-state index in [1.807, 2.05) is 0 Å². The van der Waals surface area contributed by atoms with Crippen molar-refractivity contribution < 1.29 is 34.0 Å². The van der Waals surface area contributed by atoms with Crippen molar-refractivity contribution in [2.45, 2.75) is 83.8 Å². The number of halogens is 1. The second-order valence-corrected chi connectivity index (χ2v) is 11.4. The van der Waals surface area contributed by atoms with Gasteiger partial charge in [-0.25, -0.2) is 14.6 Å². The van der Waals surface area contributed by atoms with Crippen molar-refractivity contribution in [3.05, 3.63) is 23.8 Å². The van der Waals surface area contributed by atoms with Crippen LogP contribution in [0.1, 0.15) is 60.3 Å². The van der Waals surface area contributed by atoms with Gasteiger partial charge in [0.25, 0.3) is 0 Å². The fourth-order valence-electron chi connectivity index (χ4n) is 7.69. The Morgan fingerprint density at radius 3 is 2.63 bits per heavy atom. The van der Waals surface area contributed by atoms with Crippen LogP contribution >= 0.6 is 0 Å². The summed E-state index contributed by atoms with van der Waals surface area (Å²) < 4.78 is 22.3. The van der Waals surface area contributed by atoms with E-state index < -0.39 is 58.5 Å². The van der Waals surface area contributed by atoms with Crippen LogP contribution in [0.5, 0.6) is 0 Å². The Labute approximate surface area is 205 Å². The summed E-state index contributed by atoms with van der Waals surface area (Å²) in [4.78, 5) is 24.5. The van der Waals surface area contributed by atoms with Crippen molar-refractivity contribution >= 4 is 17.6 Å². The number of carbonyl (C=O) groups is 2. The molecule has 0 aromatic carbocycles. The third-order valence-corrected chi connectivity index (χ3v) is 9.42. The van der Waals surface area contributed by atoms with Gasteiger partial charge in [-0.15, -0.1) is 0 Å². The van der Waals surface area contributed by atoms with Crippen LogP contribution in [0.3, 0.4) is 0 Å². The van der Waals surface area contributed by atoms with E-state index in [1.165, 1.54) is 0 Å². The van der Waals surface area contributed by atoms with Crippen LogP contribution in [0.4, 0.5) is 9.18 Å². The number of hydrogen-bond acceptors (Lipinski definition) is 7. The van der Waals surface area contributed by atoms with Crippen molar-refractivity contribution in [1.29, 1.82) is 0 Å². The number of fused-ring (bicyclic) bond motifs is 5. The molecule has 1 amide bonds. The number of carbonyl (C=O) groups excluding carboxylic acids is 2. The number of hydrogen-bond donors (Lipinski definition) is 4. The van der Waals surface area contributed by atoms with Crippen molar-refractivity contribution in [2.75, 3.05) is 6.61 Å². The summed E-state index contributed by atoms with van der Waals surface area (Å²) in [5, 5.41) is 36.5. The lowest BCUT2D eigenvalue weighted by molar-refractivity contribution is -0.219. The average molecular weight is 493 g/mol. The Balaban J connectivity index is 1.67. The smallest absolute Gasteiger partial charge is 0.428 e. The molecule has 0 radical (unpaired) electrons. The molecule has 0 bridgehead atoms. The van der Waals surface area contributed by atoms with Gasteiger partial charge in [-0.05, 0) is 70.4 Å². The first kappa shape index (κ1) is 26.0. The lowest BCUT2D eigenvalue weighted by atomic mass is 9.44. The van der Waals surface area contributed by atoms with Gasteiger partial charge in [-0.2, -0.15) is 5.10 Å². The number of Topliss-reactive ketones (excluding diaryl/α,β-unsaturated/α-hetero) is 1. The van der Waals surface area contributed by atoms with E-state index in [0.29, 0.717) is 25.0 Å². The molecule has 3 fully saturated rings. The minimum absolute atomic E-state index is 0.0858. The summed E-state index contributed by atoms with van der Waals surface area (Å²) in [7, 11) is 0. The van der Waals surface area contributed by atoms with E-state index in [0.717, 1.165) is 5.57 Å². The lowest BCUT2D eigenvalue weighted by Crippen LogP contribution is -2.69. The number of allylic oxidation sites excluding steroid dienone is 4. The predicted octanol–water partition coefficient (Wildman–Crippen LogP) is 2.82. The topological polar surface area (TPSA) is 128 Å². The number of nitrogens with one attached hydrogen (secondary N) is 1. The third-order valence-electron chi connectivity index (χ3n) is 9.42. The molecule has 35 heavy (non-hydrogen) atoms. The Kier molecular flexibility index (Phi) is 6.30. The molecule has 0 heterocycles. The quantitative estimate of drug-likeness (QED) is 0.447. The standard InChI is InChI=1S/C26H37FN2O6/c1-14(2)35-22(33)29-28-17-8-9-23(4)16(11-17)6-7-18-19-10-15(3)26(34,21(32)13-30)24(19,5)12-20(31)25(18,23)27/h8-9,11,14-15,18-20,30-31,34H,6-7,10,12-13H2,1-5H3,(H,29,33)/b28-17+/t15-,18+,19+,20?,23+,24+,25+,26+/m1/s1. The van der Waals surface area contributed by atoms with Crippen LogP contribution in [-0.4, -0.2) is 63.0 Å². The Morgan fingerprint density at radius 1 is 1.31 bits per heavy atom. The molecule has 194 valence electrons. The van der Waals surface area contributed by atoms with Gasteiger partial charge in [0.2, 0.25) is 0 Å². The van der Waals surface area contributed by atoms with E-state index >= 15 is 4.39 Å². The average Bonchev–Trinajstić information content (AvgIpc) is 2.99. The second-order valence-electron chi connectivity index (χ2n) is 11.4. The Hall–Kier alpha value is -2.10. The monoisotopic (exact) mass is 492 g/mol. The minimum atomic E-state index is -2.01. The molecule has 3 saturated carbocycles. The van der Waals surface area contributed by atoms with Gasteiger partial charge in [0, 0.05) is 16.7 Å². The van der Waals surface area contributed by atoms with E-state index in [9.17, 15) is 24.9 Å². The minimum Gasteiger partial charge on any atom is -0.446 e. The molecule has 0 aliphatic heterocycles. The molecule has 4 aliphatic carbocycles. The molecule has 4 aliphatic rings. The number of ether oxygens (including phenoxy) is 1. The zero-order valence-corrected chi connectivity index (χ0v) is 21.0. The van der Waals surface area contributed by atoms with Crippen LogP contribution in [-0.2, 0) is 9.53 Å². The first-order chi connectivity index (χ1) is 16.3. The first-order valence-corrected chi connectivity index (χ1v) is 12.4. The van der Waals surface area contributed by atoms with Gasteiger partial charge in [0.05, 0.1) is 17.9 Å². The zero-order chi connectivity index (χ0) is 26.0. The zero-order valence-electron chi connectivity index (χ0n) is 21.0. The van der Waals surface area contributed by atoms with E-state index in [2.05, 4.69) is 10.5 Å². The molecule has 8 atom stereocenters. The van der Waals surface area contributed by atoms with Gasteiger partial charge in [-0.1, -0.05) is 25.5 Å². The molecule has 4 N–H and O–H groups in total. The highest BCUT2D eigenvalue weighted by molar-refractivity contribution is 6.06. The fraction of sp³-hybridized carbons (Fsp3) is 0.731. The number of alkyl halides is 1. The van der Waals surface area contributed by atoms with Crippen LogP contribution in [0.2, 0.25) is 0 Å². The van der Waals surface area contributed by atoms with E-state index in [-0.39, 0.29) is 18.4 Å². The van der Waals surface area contributed by atoms with Crippen LogP contribution in [0, 0.1) is 28.6 Å². The second kappa shape index (κ2) is 8.49. The normalized spacial score (nSPS) is 45.4. The summed E-state index contributed by atoms with van der Waals surface area (Å²) >= 11 is 0. The predicted molar refractivity (Wildman–Crippen MR) is 127 cm³/mol. The summed E-state index contributed by atoms with van der Waals surface area (Å²) in [6.45, 7) is 7.96. The van der Waals surface area contributed by atoms with Crippen LogP contribution in [0.25, 0.3) is 0 Å². The van der Waals surface area contributed by atoms with Crippen molar-refractivity contribution in [1.82, 2.24) is 5.43 Å². The summed E-state index contributed by atoms with van der Waals surface area (Å²) in [5.74, 6) is -2.05. The molecular formula is C26H37FN2O6. The maximum atomic E-state index is 17.3. The maximum absolute atomic E-state index is 17.3. The van der Waals surface area contributed by atoms with Crippen LogP contribution < -0.4 is 5.43 Å². The molecule has 9 heteroatoms. The summed E-state index contributed by atoms with van der Waals surface area (Å²) in [5.41, 5.74) is -2.43. The Bertz CT molecular complexity index is 1010. The van der Waals surface area contributed by atoms with Crippen LogP contribution in [0.15, 0.2) is 28.9 Å². The maximum Gasteiger partial charge on any atom is 0.428 e. The lowest BCUT2D eigenvalue weighted by Gasteiger charge is -2.62. The number of nitrogens with zero attached hydrogens (tertiary/aromatic N) is 1. The number of amides is 1. The van der Waals surface area contributed by atoms with Crippen molar-refractivity contribution in [2.24, 2.45) is 33.7 Å². The SMILES string of the molecule is CC(C)OC(=O)N/N=C1\C=C[C@@]2(C)C(=C1)CC[C@H]1[C@@H]3C[C@@H](C)[C@](O)(C(=O)CO)[C@@]3(C)CC(O)[C@@]12F. The molecule has 0 aromatic rings. The molecule has 0 spiro atoms. The molecule has 0 saturated heterocycles. The highest BCUT2D eigenvalue weighted by Gasteiger charge is 2.75. The van der Waals surface area contributed by atoms with E-state index in [1.54, 1.807) is 52.8 Å². The number of aliphatic hydroxyl groups is 3. The molecule has 4 rings (SSSR count). The number of aliphatic hydroxyl groups excluding tert-OH is 2. The summed E-state index contributed by atoms with van der Waals surface area (Å²) in [6, 6.07) is 0. The fourth-order valence-corrected chi connectivity index (χ4v) is 7.69. The van der Waals surface area contributed by atoms with E-state index in [4.69, 9.17) is 4.74 Å². The largest absolute Gasteiger partial charge is 0.446 e. The molecular weight excluding hydrogens is 455 g/mol. The Morgan fingerprint density at radius 2 is 2.00 bits per heavy atom. The van der Waals surface area contributed by atoms with Gasteiger partial charge < -0.3 is 20.1 Å². The molecule has 1 unspecified atom stereocenters. The highest BCUT2D eigenvalue weighted by Crippen LogP contribution is 2.70. The van der Waals surface area contributed by atoms with Crippen molar-refractivity contribution in [3.63, 3.8) is 0 Å². The van der Waals surface area contributed by atoms with Gasteiger partial charge in [0.15, 0.2) is 11.5 Å². The van der Waals surface area contributed by atoms with Gasteiger partial charge in [0.1, 0.15) is 12.2 Å². The number of rotatable bonds is 4. The van der Waals surface area contributed by atoms with Gasteiger partial charge >= 0.3 is 6.09 Å². The molecule has 8 nitrogen and oxygen atoms in total. The summed E-state index contributed by atoms with van der Waals surface area (Å²) in [6.07, 6.45) is 4.03.